The van der Waals surface area contributed by atoms with E-state index in [-0.39, 0.29) is 44.4 Å². The molecular formula is C64H42N8O2Zn2. The second-order valence-corrected chi connectivity index (χ2v) is 19.2. The predicted octanol–water partition coefficient (Wildman–Crippen LogP) is 12.7. The standard InChI is InChI=1S/C64H43N8O2.2Zn/c1-64(2)37-52-35-50-25-31-56(71-50)61(53-26-20-45(66-53)32-44-18-19-51(65-44)36-59(64)72-52)41-12-8-39(9-13-41)5-4-38-6-10-40(11-7-38)60-54-27-21-46(67-54)33-48-23-29-57(69-48)62(42-14-16-43(17-15-42)63(73)74-3)58-30-24-49(70-58)34-47-22-28-55(60)68-47;;/h6-36H,37H2,1-3H3,(H-3,65,66,67,68,69,70,71,72,73);;/q-3;2*+2/p-1. The van der Waals surface area contributed by atoms with Crippen molar-refractivity contribution in [1.29, 1.82) is 0 Å². The van der Waals surface area contributed by atoms with Gasteiger partial charge in [-0.2, -0.15) is 0 Å². The van der Waals surface area contributed by atoms with Crippen molar-refractivity contribution in [1.82, 2.24) is 39.9 Å². The number of nitrogens with zero attached hydrogens (tertiary/aromatic N) is 8. The van der Waals surface area contributed by atoms with Gasteiger partial charge in [-0.25, -0.2) is 19.7 Å². The minimum Gasteiger partial charge on any atom is -0.658 e. The number of carbonyl (C=O) groups is 1. The molecule has 76 heavy (non-hydrogen) atoms. The van der Waals surface area contributed by atoms with Crippen molar-refractivity contribution >= 4 is 86.6 Å². The van der Waals surface area contributed by atoms with Gasteiger partial charge in [-0.3, -0.25) is 4.98 Å². The number of fused-ring (bicyclic) bond motifs is 16. The van der Waals surface area contributed by atoms with Crippen LogP contribution in [-0.2, 0) is 55.5 Å². The van der Waals surface area contributed by atoms with E-state index in [1.807, 2.05) is 127 Å². The number of rotatable bonds is 4. The third kappa shape index (κ3) is 9.79. The fourth-order valence-electron chi connectivity index (χ4n) is 9.86. The van der Waals surface area contributed by atoms with E-state index in [9.17, 15) is 4.79 Å². The summed E-state index contributed by atoms with van der Waals surface area (Å²) in [4.78, 5) is 52.5. The molecule has 3 aromatic carbocycles. The summed E-state index contributed by atoms with van der Waals surface area (Å²) < 4.78 is 4.93. The number of benzene rings is 3. The number of hydrogen-bond acceptors (Lipinski definition) is 6. The maximum absolute atomic E-state index is 12.2. The Bertz CT molecular complexity index is 4310. The molecule has 4 aliphatic rings. The van der Waals surface area contributed by atoms with Crippen LogP contribution in [0.3, 0.4) is 0 Å². The number of esters is 1. The topological polar surface area (TPSA) is 134 Å². The smallest absolute Gasteiger partial charge is 0.658 e. The van der Waals surface area contributed by atoms with E-state index >= 15 is 0 Å². The van der Waals surface area contributed by atoms with Gasteiger partial charge in [0.15, 0.2) is 0 Å². The van der Waals surface area contributed by atoms with Crippen LogP contribution >= 0.6 is 0 Å². The molecule has 10 heterocycles. The zero-order valence-electron chi connectivity index (χ0n) is 41.9. The van der Waals surface area contributed by atoms with Gasteiger partial charge in [-0.15, -0.1) is 44.1 Å². The Hall–Kier alpha value is -8.60. The Morgan fingerprint density at radius 2 is 0.842 bits per heavy atom. The van der Waals surface area contributed by atoms with Gasteiger partial charge in [-0.05, 0) is 106 Å². The van der Waals surface area contributed by atoms with Crippen LogP contribution in [0.2, 0.25) is 0 Å². The first-order valence-electron chi connectivity index (χ1n) is 24.3. The normalized spacial score (nSPS) is 12.8. The summed E-state index contributed by atoms with van der Waals surface area (Å²) in [6.07, 6.45) is 12.9. The number of aromatic nitrogens is 8. The molecule has 0 fully saturated rings. The largest absolute Gasteiger partial charge is 2.00 e. The molecule has 10 nitrogen and oxygen atoms in total. The van der Waals surface area contributed by atoms with Crippen LogP contribution in [-0.4, -0.2) is 33.0 Å². The van der Waals surface area contributed by atoms with E-state index in [0.29, 0.717) is 5.56 Å². The van der Waals surface area contributed by atoms with Crippen LogP contribution in [0.25, 0.3) is 114 Å². The van der Waals surface area contributed by atoms with E-state index in [2.05, 4.69) is 74.2 Å². The van der Waals surface area contributed by atoms with E-state index in [1.165, 1.54) is 7.11 Å². The molecule has 354 valence electrons. The van der Waals surface area contributed by atoms with Crippen LogP contribution in [0, 0.1) is 11.8 Å². The minimum absolute atomic E-state index is 0. The molecule has 4 aliphatic heterocycles. The van der Waals surface area contributed by atoms with Crippen molar-refractivity contribution < 1.29 is 48.5 Å². The zero-order valence-corrected chi connectivity index (χ0v) is 47.8. The van der Waals surface area contributed by atoms with Gasteiger partial charge >= 0.3 is 44.9 Å². The van der Waals surface area contributed by atoms with Gasteiger partial charge in [0.1, 0.15) is 0 Å². The molecule has 0 radical (unpaired) electrons. The Labute approximate surface area is 463 Å². The second kappa shape index (κ2) is 20.3. The minimum atomic E-state index is -0.394. The van der Waals surface area contributed by atoms with Gasteiger partial charge in [-0.1, -0.05) is 141 Å². The summed E-state index contributed by atoms with van der Waals surface area (Å²) in [5.74, 6) is 6.38. The average Bonchev–Trinajstić information content (AvgIpc) is 4.27. The molecule has 9 aromatic rings. The molecule has 13 rings (SSSR count). The summed E-state index contributed by atoms with van der Waals surface area (Å²) in [5, 5.41) is 0. The van der Waals surface area contributed by atoms with Crippen LogP contribution < -0.4 is 19.9 Å². The maximum Gasteiger partial charge on any atom is 2.00 e. The SMILES string of the molecule is COC(=O)c1ccc(-c2c3nc(cc4ccc([n-]4)c(-c4ccc(C#Cc5ccc(-c6c7nc(cc8ccc(cc9nc(cc%10ccc6[n-]%10)CC9(C)C)[n-]8)C=C7)cc5)cc4)c4nc(cc5ccc2[n-]5)C=C4)C=C3)cc1.[Zn+2].[Zn+2]. The molecule has 0 spiro atoms. The molecule has 0 saturated carbocycles. The summed E-state index contributed by atoms with van der Waals surface area (Å²) in [7, 11) is 1.38. The first-order valence-corrected chi connectivity index (χ1v) is 24.3. The van der Waals surface area contributed by atoms with Crippen LogP contribution in [0.15, 0.2) is 152 Å². The Kier molecular flexibility index (Phi) is 13.2. The number of hydrogen-bond donors (Lipinski definition) is 0. The Morgan fingerprint density at radius 3 is 1.28 bits per heavy atom. The van der Waals surface area contributed by atoms with Crippen molar-refractivity contribution in [2.45, 2.75) is 25.7 Å². The molecule has 0 unspecified atom stereocenters. The van der Waals surface area contributed by atoms with E-state index in [4.69, 9.17) is 44.6 Å². The maximum atomic E-state index is 12.2. The van der Waals surface area contributed by atoms with E-state index in [0.717, 1.165) is 141 Å². The second-order valence-electron chi connectivity index (χ2n) is 19.2. The Morgan fingerprint density at radius 1 is 0.461 bits per heavy atom. The van der Waals surface area contributed by atoms with Gasteiger partial charge in [0, 0.05) is 34.4 Å². The van der Waals surface area contributed by atoms with Gasteiger partial charge in [0.05, 0.1) is 46.8 Å². The summed E-state index contributed by atoms with van der Waals surface area (Å²) in [6, 6.07) is 50.1. The molecule has 0 saturated heterocycles. The van der Waals surface area contributed by atoms with Crippen LogP contribution in [0.5, 0.6) is 0 Å². The quantitative estimate of drug-likeness (QED) is 0.0952. The van der Waals surface area contributed by atoms with E-state index in [1.54, 1.807) is 12.1 Å². The first kappa shape index (κ1) is 49.6. The van der Waals surface area contributed by atoms with Crippen LogP contribution in [0.1, 0.15) is 80.9 Å². The van der Waals surface area contributed by atoms with Gasteiger partial charge < -0.3 is 24.7 Å². The molecular weight excluding hydrogens is 1040 g/mol. The monoisotopic (exact) mass is 1080 g/mol. The van der Waals surface area contributed by atoms with Crippen molar-refractivity contribution in [3.63, 3.8) is 0 Å². The number of carbonyl (C=O) groups excluding carboxylic acids is 1. The third-order valence-electron chi connectivity index (χ3n) is 13.5. The summed E-state index contributed by atoms with van der Waals surface area (Å²) in [5.41, 5.74) is 20.9. The van der Waals surface area contributed by atoms with Crippen molar-refractivity contribution in [2.75, 3.05) is 7.11 Å². The third-order valence-corrected chi connectivity index (χ3v) is 13.5. The van der Waals surface area contributed by atoms with Gasteiger partial charge in [0.2, 0.25) is 0 Å². The summed E-state index contributed by atoms with van der Waals surface area (Å²) >= 11 is 0. The van der Waals surface area contributed by atoms with E-state index < -0.39 is 5.97 Å². The molecule has 0 amide bonds. The number of methoxy groups -OCH3 is 1. The van der Waals surface area contributed by atoms with Crippen molar-refractivity contribution in [3.05, 3.63) is 214 Å². The molecule has 0 N–H and O–H groups in total. The molecule has 16 bridgehead atoms. The molecule has 6 aromatic heterocycles. The van der Waals surface area contributed by atoms with Crippen molar-refractivity contribution in [2.24, 2.45) is 0 Å². The molecule has 0 atom stereocenters. The number of ether oxygens (including phenoxy) is 1. The fourth-order valence-corrected chi connectivity index (χ4v) is 9.86. The van der Waals surface area contributed by atoms with Gasteiger partial charge in [0.25, 0.3) is 0 Å². The zero-order chi connectivity index (χ0) is 49.9. The summed E-state index contributed by atoms with van der Waals surface area (Å²) in [6.45, 7) is 4.45. The Balaban J connectivity index is 0.00000308. The first-order chi connectivity index (χ1) is 36.1. The van der Waals surface area contributed by atoms with Crippen LogP contribution in [0.4, 0.5) is 0 Å². The fraction of sp³-hybridized carbons (Fsp3) is 0.0781. The van der Waals surface area contributed by atoms with Crippen molar-refractivity contribution in [3.8, 4) is 45.2 Å². The molecule has 12 heteroatoms. The average molecular weight is 1090 g/mol. The predicted molar refractivity (Wildman–Crippen MR) is 295 cm³/mol. The molecule has 0 aliphatic carbocycles.